The van der Waals surface area contributed by atoms with Crippen molar-refractivity contribution in [2.45, 2.75) is 32.6 Å². The highest BCUT2D eigenvalue weighted by molar-refractivity contribution is 6.13. The molecule has 0 saturated heterocycles. The van der Waals surface area contributed by atoms with Gasteiger partial charge in [0, 0.05) is 40.8 Å². The zero-order valence-corrected chi connectivity index (χ0v) is 19.8. The number of H-pyrrole nitrogens is 1. The number of hydrogen-bond acceptors (Lipinski definition) is 6. The second-order valence-electron chi connectivity index (χ2n) is 9.02. The van der Waals surface area contributed by atoms with Crippen LogP contribution in [0.3, 0.4) is 0 Å². The minimum absolute atomic E-state index is 0.223. The lowest BCUT2D eigenvalue weighted by Gasteiger charge is -2.10. The second kappa shape index (κ2) is 8.53. The maximum atomic E-state index is 13.6. The maximum Gasteiger partial charge on any atom is 0.256 e. The van der Waals surface area contributed by atoms with E-state index >= 15 is 0 Å². The van der Waals surface area contributed by atoms with Gasteiger partial charge in [0.2, 0.25) is 0 Å². The van der Waals surface area contributed by atoms with Gasteiger partial charge in [-0.05, 0) is 57.0 Å². The molecular weight excluding hydrogens is 454 g/mol. The van der Waals surface area contributed by atoms with Crippen LogP contribution in [0.2, 0.25) is 0 Å². The normalized spacial score (nSPS) is 13.2. The SMILES string of the molecule is Cc1cc(=O)[nH]c(-c2cccc(NC(=O)c3cc(C4CC4)nc4c3c(C)nn4-c3ccccn3)c2)n1. The van der Waals surface area contributed by atoms with E-state index in [-0.39, 0.29) is 11.5 Å². The van der Waals surface area contributed by atoms with Crippen molar-refractivity contribution in [1.29, 1.82) is 0 Å². The van der Waals surface area contributed by atoms with Gasteiger partial charge in [0.25, 0.3) is 11.5 Å². The van der Waals surface area contributed by atoms with Gasteiger partial charge < -0.3 is 10.3 Å². The largest absolute Gasteiger partial charge is 0.322 e. The van der Waals surface area contributed by atoms with Crippen LogP contribution in [0, 0.1) is 13.8 Å². The van der Waals surface area contributed by atoms with E-state index in [0.29, 0.717) is 56.8 Å². The number of amides is 1. The Morgan fingerprint density at radius 1 is 1.06 bits per heavy atom. The van der Waals surface area contributed by atoms with Gasteiger partial charge in [-0.25, -0.2) is 15.0 Å². The summed E-state index contributed by atoms with van der Waals surface area (Å²) in [4.78, 5) is 42.0. The molecule has 0 spiro atoms. The summed E-state index contributed by atoms with van der Waals surface area (Å²) in [5.41, 5.74) is 4.42. The number of benzene rings is 1. The monoisotopic (exact) mass is 477 g/mol. The molecule has 0 radical (unpaired) electrons. The van der Waals surface area contributed by atoms with Crippen LogP contribution in [0.15, 0.2) is 65.6 Å². The maximum absolute atomic E-state index is 13.6. The van der Waals surface area contributed by atoms with Crippen LogP contribution in [0.1, 0.15) is 46.2 Å². The minimum atomic E-state index is -0.254. The fraction of sp³-hybridized carbons (Fsp3) is 0.185. The van der Waals surface area contributed by atoms with Crippen LogP contribution in [0.25, 0.3) is 28.2 Å². The number of rotatable bonds is 5. The molecule has 4 heterocycles. The molecule has 2 N–H and O–H groups in total. The molecule has 9 nitrogen and oxygen atoms in total. The van der Waals surface area contributed by atoms with Gasteiger partial charge in [-0.1, -0.05) is 18.2 Å². The van der Waals surface area contributed by atoms with Gasteiger partial charge in [-0.3, -0.25) is 9.59 Å². The summed E-state index contributed by atoms with van der Waals surface area (Å²) in [6.45, 7) is 3.64. The number of carbonyl (C=O) groups excluding carboxylic acids is 1. The zero-order valence-electron chi connectivity index (χ0n) is 19.8. The van der Waals surface area contributed by atoms with Crippen LogP contribution < -0.4 is 10.9 Å². The molecule has 1 aliphatic rings. The van der Waals surface area contributed by atoms with Crippen molar-refractivity contribution in [2.75, 3.05) is 5.32 Å². The van der Waals surface area contributed by atoms with Gasteiger partial charge in [0.05, 0.1) is 16.6 Å². The molecule has 0 unspecified atom stereocenters. The molecular formula is C27H23N7O2. The number of anilines is 1. The van der Waals surface area contributed by atoms with Crippen molar-refractivity contribution >= 4 is 22.6 Å². The summed E-state index contributed by atoms with van der Waals surface area (Å²) in [6, 6.07) is 16.2. The first-order chi connectivity index (χ1) is 17.5. The van der Waals surface area contributed by atoms with E-state index in [9.17, 15) is 9.59 Å². The molecule has 1 saturated carbocycles. The number of carbonyl (C=O) groups is 1. The summed E-state index contributed by atoms with van der Waals surface area (Å²) in [6.07, 6.45) is 3.82. The molecule has 1 aliphatic carbocycles. The Hall–Kier alpha value is -4.66. The molecule has 0 atom stereocenters. The standard InChI is InChI=1S/C27H23N7O2/c1-15-12-23(35)32-25(29-15)18-6-5-7-19(13-18)30-27(36)20-14-21(17-9-10-17)31-26-24(20)16(2)33-34(26)22-8-3-4-11-28-22/h3-8,11-14,17H,9-10H2,1-2H3,(H,30,36)(H,29,32,35). The Bertz CT molecular complexity index is 1680. The lowest BCUT2D eigenvalue weighted by Crippen LogP contribution is -2.14. The smallest absolute Gasteiger partial charge is 0.256 e. The van der Waals surface area contributed by atoms with Gasteiger partial charge in [-0.15, -0.1) is 0 Å². The molecule has 36 heavy (non-hydrogen) atoms. The van der Waals surface area contributed by atoms with E-state index < -0.39 is 0 Å². The van der Waals surface area contributed by atoms with Crippen molar-refractivity contribution in [3.05, 3.63) is 93.8 Å². The first kappa shape index (κ1) is 21.8. The van der Waals surface area contributed by atoms with E-state index in [2.05, 4.69) is 25.4 Å². The van der Waals surface area contributed by atoms with Crippen LogP contribution in [-0.2, 0) is 0 Å². The number of aromatic amines is 1. The topological polar surface area (TPSA) is 118 Å². The van der Waals surface area contributed by atoms with E-state index in [1.807, 2.05) is 43.3 Å². The number of nitrogens with zero attached hydrogens (tertiary/aromatic N) is 5. The lowest BCUT2D eigenvalue weighted by atomic mass is 10.1. The van der Waals surface area contributed by atoms with Crippen molar-refractivity contribution in [3.8, 4) is 17.2 Å². The number of nitrogens with one attached hydrogen (secondary N) is 2. The molecule has 9 heteroatoms. The van der Waals surface area contributed by atoms with Crippen LogP contribution >= 0.6 is 0 Å². The Balaban J connectivity index is 1.41. The Morgan fingerprint density at radius 2 is 1.92 bits per heavy atom. The van der Waals surface area contributed by atoms with E-state index in [1.165, 1.54) is 6.07 Å². The van der Waals surface area contributed by atoms with Crippen molar-refractivity contribution < 1.29 is 4.79 Å². The third-order valence-corrected chi connectivity index (χ3v) is 6.20. The number of fused-ring (bicyclic) bond motifs is 1. The molecule has 1 aromatic carbocycles. The number of aromatic nitrogens is 6. The third kappa shape index (κ3) is 4.04. The average Bonchev–Trinajstić information content (AvgIpc) is 3.67. The Labute approximate surface area is 206 Å². The van der Waals surface area contributed by atoms with Crippen molar-refractivity contribution in [3.63, 3.8) is 0 Å². The van der Waals surface area contributed by atoms with Crippen LogP contribution in [0.5, 0.6) is 0 Å². The Kier molecular flexibility index (Phi) is 5.18. The highest BCUT2D eigenvalue weighted by atomic mass is 16.1. The molecule has 1 fully saturated rings. The third-order valence-electron chi connectivity index (χ3n) is 6.20. The minimum Gasteiger partial charge on any atom is -0.322 e. The zero-order chi connectivity index (χ0) is 24.8. The molecule has 178 valence electrons. The van der Waals surface area contributed by atoms with Gasteiger partial charge in [0.1, 0.15) is 5.82 Å². The van der Waals surface area contributed by atoms with E-state index in [0.717, 1.165) is 18.5 Å². The fourth-order valence-corrected chi connectivity index (χ4v) is 4.37. The first-order valence-corrected chi connectivity index (χ1v) is 11.8. The molecule has 6 rings (SSSR count). The number of hydrogen-bond donors (Lipinski definition) is 2. The predicted octanol–water partition coefficient (Wildman–Crippen LogP) is 4.31. The number of pyridine rings is 2. The average molecular weight is 478 g/mol. The van der Waals surface area contributed by atoms with Crippen molar-refractivity contribution in [2.24, 2.45) is 0 Å². The fourth-order valence-electron chi connectivity index (χ4n) is 4.37. The van der Waals surface area contributed by atoms with Gasteiger partial charge in [0.15, 0.2) is 11.5 Å². The van der Waals surface area contributed by atoms with E-state index in [4.69, 9.17) is 4.98 Å². The van der Waals surface area contributed by atoms with Crippen LogP contribution in [0.4, 0.5) is 5.69 Å². The summed E-state index contributed by atoms with van der Waals surface area (Å²) in [7, 11) is 0. The summed E-state index contributed by atoms with van der Waals surface area (Å²) in [5, 5.41) is 8.38. The molecule has 0 aliphatic heterocycles. The Morgan fingerprint density at radius 3 is 2.67 bits per heavy atom. The quantitative estimate of drug-likeness (QED) is 0.389. The van der Waals surface area contributed by atoms with Gasteiger partial charge in [-0.2, -0.15) is 9.78 Å². The summed E-state index contributed by atoms with van der Waals surface area (Å²) in [5.74, 6) is 1.19. The molecule has 4 aromatic heterocycles. The van der Waals surface area contributed by atoms with Gasteiger partial charge >= 0.3 is 0 Å². The van der Waals surface area contributed by atoms with Crippen molar-refractivity contribution in [1.82, 2.24) is 29.7 Å². The molecule has 1 amide bonds. The highest BCUT2D eigenvalue weighted by Gasteiger charge is 2.29. The summed E-state index contributed by atoms with van der Waals surface area (Å²) >= 11 is 0. The second-order valence-corrected chi connectivity index (χ2v) is 9.02. The van der Waals surface area contributed by atoms with E-state index in [1.54, 1.807) is 29.9 Å². The van der Waals surface area contributed by atoms with Crippen LogP contribution in [-0.4, -0.2) is 35.6 Å². The first-order valence-electron chi connectivity index (χ1n) is 11.8. The molecule has 5 aromatic rings. The predicted molar refractivity (Wildman–Crippen MR) is 136 cm³/mol. The molecule has 0 bridgehead atoms. The number of aryl methyl sites for hydroxylation is 2. The lowest BCUT2D eigenvalue weighted by molar-refractivity contribution is 0.102. The summed E-state index contributed by atoms with van der Waals surface area (Å²) < 4.78 is 1.70. The highest BCUT2D eigenvalue weighted by Crippen LogP contribution is 2.40.